The molecule has 0 bridgehead atoms. The van der Waals surface area contributed by atoms with Gasteiger partial charge in [0.25, 0.3) is 0 Å². The SMILES string of the molecule is CC(=O)Oc1ccccc1N=Nc1ccccc1. The maximum atomic E-state index is 10.9. The lowest BCUT2D eigenvalue weighted by molar-refractivity contribution is -0.131. The highest BCUT2D eigenvalue weighted by Crippen LogP contribution is 2.28. The molecule has 0 fully saturated rings. The number of benzene rings is 2. The molecule has 2 aromatic rings. The van der Waals surface area contributed by atoms with Gasteiger partial charge in [-0.25, -0.2) is 0 Å². The minimum absolute atomic E-state index is 0.377. The van der Waals surface area contributed by atoms with E-state index in [-0.39, 0.29) is 5.97 Å². The monoisotopic (exact) mass is 240 g/mol. The van der Waals surface area contributed by atoms with Gasteiger partial charge in [0.2, 0.25) is 0 Å². The Balaban J connectivity index is 2.23. The molecule has 0 N–H and O–H groups in total. The summed E-state index contributed by atoms with van der Waals surface area (Å²) in [7, 11) is 0. The molecule has 4 heteroatoms. The summed E-state index contributed by atoms with van der Waals surface area (Å²) in [6, 6.07) is 16.4. The van der Waals surface area contributed by atoms with E-state index in [1.165, 1.54) is 6.92 Å². The van der Waals surface area contributed by atoms with Gasteiger partial charge in [0.05, 0.1) is 5.69 Å². The minimum atomic E-state index is -0.377. The normalized spacial score (nSPS) is 10.5. The molecule has 0 radical (unpaired) electrons. The molecule has 4 nitrogen and oxygen atoms in total. The van der Waals surface area contributed by atoms with Gasteiger partial charge in [-0.05, 0) is 24.3 Å². The highest BCUT2D eigenvalue weighted by molar-refractivity contribution is 5.71. The number of rotatable bonds is 3. The number of hydrogen-bond donors (Lipinski definition) is 0. The lowest BCUT2D eigenvalue weighted by atomic mass is 10.3. The predicted molar refractivity (Wildman–Crippen MR) is 68.4 cm³/mol. The molecule has 0 spiro atoms. The van der Waals surface area contributed by atoms with Gasteiger partial charge in [0.15, 0.2) is 5.75 Å². The molecule has 0 aromatic heterocycles. The first-order valence-electron chi connectivity index (χ1n) is 5.50. The van der Waals surface area contributed by atoms with Crippen LogP contribution in [0.3, 0.4) is 0 Å². The van der Waals surface area contributed by atoms with E-state index >= 15 is 0 Å². The fraction of sp³-hybridized carbons (Fsp3) is 0.0714. The maximum absolute atomic E-state index is 10.9. The molecule has 0 atom stereocenters. The number of azo groups is 1. The number of esters is 1. The Bertz CT molecular complexity index is 565. The van der Waals surface area contributed by atoms with Crippen molar-refractivity contribution in [2.45, 2.75) is 6.92 Å². The number of hydrogen-bond acceptors (Lipinski definition) is 4. The first kappa shape index (κ1) is 12.0. The van der Waals surface area contributed by atoms with Crippen molar-refractivity contribution in [1.82, 2.24) is 0 Å². The number of ether oxygens (including phenoxy) is 1. The van der Waals surface area contributed by atoms with Crippen LogP contribution < -0.4 is 4.74 Å². The average Bonchev–Trinajstić information content (AvgIpc) is 2.38. The second-order valence-corrected chi connectivity index (χ2v) is 3.60. The van der Waals surface area contributed by atoms with Gasteiger partial charge in [-0.15, -0.1) is 5.11 Å². The van der Waals surface area contributed by atoms with Gasteiger partial charge >= 0.3 is 5.97 Å². The zero-order valence-corrected chi connectivity index (χ0v) is 9.91. The third-order valence-corrected chi connectivity index (χ3v) is 2.15. The van der Waals surface area contributed by atoms with Gasteiger partial charge in [0, 0.05) is 6.92 Å². The third kappa shape index (κ3) is 3.25. The van der Waals surface area contributed by atoms with E-state index in [2.05, 4.69) is 10.2 Å². The van der Waals surface area contributed by atoms with E-state index < -0.39 is 0 Å². The van der Waals surface area contributed by atoms with Crippen LogP contribution in [-0.2, 0) is 4.79 Å². The molecule has 2 rings (SSSR count). The van der Waals surface area contributed by atoms with Crippen molar-refractivity contribution < 1.29 is 9.53 Å². The van der Waals surface area contributed by atoms with Crippen LogP contribution in [0.5, 0.6) is 5.75 Å². The Hall–Kier alpha value is -2.49. The minimum Gasteiger partial charge on any atom is -0.424 e. The molecule has 0 aliphatic carbocycles. The summed E-state index contributed by atoms with van der Waals surface area (Å²) in [5.74, 6) is 0.0297. The second kappa shape index (κ2) is 5.72. The van der Waals surface area contributed by atoms with Crippen LogP contribution >= 0.6 is 0 Å². The van der Waals surface area contributed by atoms with E-state index in [0.717, 1.165) is 5.69 Å². The van der Waals surface area contributed by atoms with E-state index in [1.807, 2.05) is 36.4 Å². The molecule has 0 heterocycles. The van der Waals surface area contributed by atoms with Gasteiger partial charge in [-0.2, -0.15) is 5.11 Å². The van der Waals surface area contributed by atoms with Gasteiger partial charge < -0.3 is 4.74 Å². The number of carbonyl (C=O) groups is 1. The van der Waals surface area contributed by atoms with Crippen LogP contribution in [0.4, 0.5) is 11.4 Å². The average molecular weight is 240 g/mol. The van der Waals surface area contributed by atoms with Crippen LogP contribution in [0.1, 0.15) is 6.92 Å². The second-order valence-electron chi connectivity index (χ2n) is 3.60. The van der Waals surface area contributed by atoms with Crippen molar-refractivity contribution in [3.05, 3.63) is 54.6 Å². The molecule has 0 amide bonds. The van der Waals surface area contributed by atoms with Crippen molar-refractivity contribution in [1.29, 1.82) is 0 Å². The molecule has 0 aliphatic heterocycles. The molecule has 0 saturated carbocycles. The first-order chi connectivity index (χ1) is 8.75. The van der Waals surface area contributed by atoms with Crippen LogP contribution in [0.25, 0.3) is 0 Å². The standard InChI is InChI=1S/C14H12N2O2/c1-11(17)18-14-10-6-5-9-13(14)16-15-12-7-3-2-4-8-12/h2-10H,1H3. The van der Waals surface area contributed by atoms with E-state index in [1.54, 1.807) is 18.2 Å². The van der Waals surface area contributed by atoms with Crippen molar-refractivity contribution in [2.24, 2.45) is 10.2 Å². The van der Waals surface area contributed by atoms with Gasteiger partial charge in [-0.1, -0.05) is 30.3 Å². The fourth-order valence-corrected chi connectivity index (χ4v) is 1.39. The number of carbonyl (C=O) groups excluding carboxylic acids is 1. The van der Waals surface area contributed by atoms with Crippen LogP contribution in [0.15, 0.2) is 64.8 Å². The molecule has 90 valence electrons. The zero-order valence-electron chi connectivity index (χ0n) is 9.91. The van der Waals surface area contributed by atoms with Crippen molar-refractivity contribution in [3.63, 3.8) is 0 Å². The smallest absolute Gasteiger partial charge is 0.308 e. The van der Waals surface area contributed by atoms with Crippen LogP contribution in [0, 0.1) is 0 Å². The molecule has 18 heavy (non-hydrogen) atoms. The summed E-state index contributed by atoms with van der Waals surface area (Å²) >= 11 is 0. The summed E-state index contributed by atoms with van der Waals surface area (Å²) in [5.41, 5.74) is 1.27. The summed E-state index contributed by atoms with van der Waals surface area (Å²) in [5, 5.41) is 8.16. The van der Waals surface area contributed by atoms with Crippen molar-refractivity contribution >= 4 is 17.3 Å². The lowest BCUT2D eigenvalue weighted by Crippen LogP contribution is -2.01. The van der Waals surface area contributed by atoms with Crippen molar-refractivity contribution in [3.8, 4) is 5.75 Å². The van der Waals surface area contributed by atoms with E-state index in [9.17, 15) is 4.79 Å². The summed E-state index contributed by atoms with van der Waals surface area (Å²) in [4.78, 5) is 10.9. The van der Waals surface area contributed by atoms with Crippen LogP contribution in [-0.4, -0.2) is 5.97 Å². The largest absolute Gasteiger partial charge is 0.424 e. The first-order valence-corrected chi connectivity index (χ1v) is 5.50. The Kier molecular flexibility index (Phi) is 3.81. The highest BCUT2D eigenvalue weighted by Gasteiger charge is 2.04. The summed E-state index contributed by atoms with van der Waals surface area (Å²) < 4.78 is 5.04. The Morgan fingerprint density at radius 2 is 1.61 bits per heavy atom. The lowest BCUT2D eigenvalue weighted by Gasteiger charge is -2.03. The maximum Gasteiger partial charge on any atom is 0.308 e. The Morgan fingerprint density at radius 1 is 0.944 bits per heavy atom. The zero-order chi connectivity index (χ0) is 12.8. The molecular weight excluding hydrogens is 228 g/mol. The molecular formula is C14H12N2O2. The third-order valence-electron chi connectivity index (χ3n) is 2.15. The molecule has 0 aliphatic rings. The molecule has 0 unspecified atom stereocenters. The fourth-order valence-electron chi connectivity index (χ4n) is 1.39. The molecule has 0 saturated heterocycles. The predicted octanol–water partition coefficient (Wildman–Crippen LogP) is 4.03. The Morgan fingerprint density at radius 3 is 2.33 bits per heavy atom. The van der Waals surface area contributed by atoms with Gasteiger partial charge in [0.1, 0.15) is 5.69 Å². The topological polar surface area (TPSA) is 51.0 Å². The molecule has 2 aromatic carbocycles. The van der Waals surface area contributed by atoms with E-state index in [4.69, 9.17) is 4.74 Å². The number of para-hydroxylation sites is 1. The Labute approximate surface area is 105 Å². The summed E-state index contributed by atoms with van der Waals surface area (Å²) in [6.45, 7) is 1.35. The number of nitrogens with zero attached hydrogens (tertiary/aromatic N) is 2. The summed E-state index contributed by atoms with van der Waals surface area (Å²) in [6.07, 6.45) is 0. The van der Waals surface area contributed by atoms with Crippen molar-refractivity contribution in [2.75, 3.05) is 0 Å². The van der Waals surface area contributed by atoms with Crippen LogP contribution in [0.2, 0.25) is 0 Å². The quantitative estimate of drug-likeness (QED) is 0.462. The highest BCUT2D eigenvalue weighted by atomic mass is 16.5. The van der Waals surface area contributed by atoms with Gasteiger partial charge in [-0.3, -0.25) is 4.79 Å². The van der Waals surface area contributed by atoms with E-state index in [0.29, 0.717) is 11.4 Å².